The molecule has 0 saturated heterocycles. The van der Waals surface area contributed by atoms with Gasteiger partial charge in [0.1, 0.15) is 57.2 Å². The van der Waals surface area contributed by atoms with Gasteiger partial charge in [0.25, 0.3) is 0 Å². The SMILES string of the molecule is C=C1C=Cc2cc3c4c(c2O1)CCCN4CCC3.C=C1C=Cc2ccccc2O1.CC.CC.CC.CC.CC.CC.CC(C)=C1C=Cc2cc3c4c(c2O1)CCCN4CCC3.CC(C)=C1C=Cc2ccccc2O1.O=c1ccc2cc3c4c(c2o1)CCCN4CCC3.O=c1ccc2ccccc2o1. The van der Waals surface area contributed by atoms with Crippen LogP contribution in [0.5, 0.6) is 23.0 Å². The molecule has 10 aliphatic rings. The Morgan fingerprint density at radius 2 is 0.728 bits per heavy atom. The lowest BCUT2D eigenvalue weighted by molar-refractivity contribution is 0.425. The molecule has 6 aromatic carbocycles. The van der Waals surface area contributed by atoms with Gasteiger partial charge in [0.15, 0.2) is 0 Å². The number of anilines is 3. The zero-order valence-electron chi connectivity index (χ0n) is 64.8. The molecule has 0 amide bonds. The third-order valence-electron chi connectivity index (χ3n) is 18.1. The number of ether oxygens (including phenoxy) is 4. The van der Waals surface area contributed by atoms with Gasteiger partial charge in [-0.05, 0) is 230 Å². The van der Waals surface area contributed by atoms with Crippen molar-refractivity contribution in [2.24, 2.45) is 0 Å². The molecule has 0 atom stereocenters. The normalized spacial score (nSPS) is 15.0. The van der Waals surface area contributed by atoms with Gasteiger partial charge in [-0.3, -0.25) is 0 Å². The highest BCUT2D eigenvalue weighted by atomic mass is 16.5. The van der Waals surface area contributed by atoms with Crippen molar-refractivity contribution in [3.8, 4) is 23.0 Å². The van der Waals surface area contributed by atoms with Crippen LogP contribution in [0.25, 0.3) is 46.2 Å². The van der Waals surface area contributed by atoms with E-state index in [1.54, 1.807) is 12.1 Å². The molecule has 12 heterocycles. The predicted molar refractivity (Wildman–Crippen MR) is 439 cm³/mol. The van der Waals surface area contributed by atoms with Crippen molar-refractivity contribution in [2.75, 3.05) is 54.0 Å². The molecule has 10 aliphatic heterocycles. The second kappa shape index (κ2) is 40.8. The molecule has 11 heteroatoms. The van der Waals surface area contributed by atoms with Crippen molar-refractivity contribution in [1.29, 1.82) is 0 Å². The Bertz CT molecular complexity index is 4480. The molecule has 11 nitrogen and oxygen atoms in total. The summed E-state index contributed by atoms with van der Waals surface area (Å²) in [5.41, 5.74) is 21.0. The van der Waals surface area contributed by atoms with Crippen molar-refractivity contribution >= 4 is 63.3 Å². The summed E-state index contributed by atoms with van der Waals surface area (Å²) in [4.78, 5) is 29.7. The topological polar surface area (TPSA) is 107 Å². The largest absolute Gasteiger partial charge is 0.457 e. The van der Waals surface area contributed by atoms with Crippen LogP contribution in [0, 0.1) is 0 Å². The standard InChI is InChI=1S/C18H21NO.C16H17NO.C15H15NO2.C12H12O.C10H8O.C9H6O2.6C2H6/c1-12(2)16-8-7-14-11-13-5-3-9-19-10-4-6-15(17(13)19)18(14)20-16;1-11-6-7-13-10-12-4-2-8-17-9-3-5-14(15(12)17)16(13)18-11;17-13-6-5-11-9-10-3-1-7-16-8-2-4-12(14(10)16)15(11)18-13;1-9(2)11-8-7-10-5-3-4-6-12(10)13-11;1-8-6-7-9-4-2-3-5-10(9)11-8;10-9-6-5-7-3-1-2-4-8(7)11-9;6*1-2/h7-8,11H,3-6,9-10H2,1-2H3;6-7,10H,1-5,8-9H2;5-6,9H,1-4,7-8H2;3-8H,1-2H3;2-7H,1H2;1-6H;6*1-2H3. The first-order valence-corrected chi connectivity index (χ1v) is 38.4. The summed E-state index contributed by atoms with van der Waals surface area (Å²) in [5, 5.41) is 2.03. The van der Waals surface area contributed by atoms with Gasteiger partial charge in [-0.1, -0.05) is 151 Å². The van der Waals surface area contributed by atoms with E-state index in [1.165, 1.54) is 156 Å². The molecule has 0 fully saturated rings. The van der Waals surface area contributed by atoms with Crippen LogP contribution >= 0.6 is 0 Å². The van der Waals surface area contributed by atoms with E-state index >= 15 is 0 Å². The lowest BCUT2D eigenvalue weighted by Crippen LogP contribution is -2.34. The summed E-state index contributed by atoms with van der Waals surface area (Å²) in [6.45, 7) is 47.1. The van der Waals surface area contributed by atoms with Crippen molar-refractivity contribution in [1.82, 2.24) is 0 Å². The van der Waals surface area contributed by atoms with Gasteiger partial charge in [0.05, 0.1) is 0 Å². The summed E-state index contributed by atoms with van der Waals surface area (Å²) < 4.78 is 33.5. The molecule has 8 aromatic rings. The van der Waals surface area contributed by atoms with Crippen LogP contribution in [0.15, 0.2) is 205 Å². The first-order chi connectivity index (χ1) is 50.4. The first-order valence-electron chi connectivity index (χ1n) is 38.4. The third-order valence-corrected chi connectivity index (χ3v) is 18.1. The van der Waals surface area contributed by atoms with Gasteiger partial charge in [-0.25, -0.2) is 9.59 Å². The van der Waals surface area contributed by atoms with Gasteiger partial charge in [-0.2, -0.15) is 0 Å². The number of nitrogens with zero attached hydrogens (tertiary/aromatic N) is 3. The zero-order valence-corrected chi connectivity index (χ0v) is 64.8. The van der Waals surface area contributed by atoms with E-state index in [9.17, 15) is 9.59 Å². The van der Waals surface area contributed by atoms with Crippen LogP contribution in [-0.4, -0.2) is 39.3 Å². The van der Waals surface area contributed by atoms with Crippen molar-refractivity contribution in [3.05, 3.63) is 263 Å². The highest BCUT2D eigenvalue weighted by molar-refractivity contribution is 5.88. The molecule has 546 valence electrons. The lowest BCUT2D eigenvalue weighted by atomic mass is 9.88. The van der Waals surface area contributed by atoms with E-state index in [0.29, 0.717) is 11.3 Å². The molecule has 0 unspecified atom stereocenters. The molecular weight excluding hydrogens is 1280 g/mol. The van der Waals surface area contributed by atoms with Crippen molar-refractivity contribution < 1.29 is 27.8 Å². The van der Waals surface area contributed by atoms with Gasteiger partial charge in [-0.15, -0.1) is 0 Å². The van der Waals surface area contributed by atoms with Gasteiger partial charge in [0.2, 0.25) is 0 Å². The Kier molecular flexibility index (Phi) is 31.9. The first kappa shape index (κ1) is 80.6. The van der Waals surface area contributed by atoms with Crippen LogP contribution in [0.3, 0.4) is 0 Å². The van der Waals surface area contributed by atoms with Crippen molar-refractivity contribution in [3.63, 3.8) is 0 Å². The highest BCUT2D eigenvalue weighted by Gasteiger charge is 2.32. The third kappa shape index (κ3) is 20.1. The van der Waals surface area contributed by atoms with Gasteiger partial charge >= 0.3 is 11.3 Å². The molecule has 0 saturated carbocycles. The number of benzene rings is 6. The number of allylic oxidation sites excluding steroid dienone is 6. The fourth-order valence-electron chi connectivity index (χ4n) is 13.9. The number of para-hydroxylation sites is 3. The number of hydrogen-bond donors (Lipinski definition) is 0. The fourth-order valence-corrected chi connectivity index (χ4v) is 13.9. The predicted octanol–water partition coefficient (Wildman–Crippen LogP) is 23.8. The Labute approximate surface area is 615 Å². The quantitative estimate of drug-likeness (QED) is 0.135. The van der Waals surface area contributed by atoms with Crippen LogP contribution in [0.1, 0.15) is 205 Å². The maximum Gasteiger partial charge on any atom is 0.336 e. The number of rotatable bonds is 0. The van der Waals surface area contributed by atoms with Crippen molar-refractivity contribution in [2.45, 2.75) is 188 Å². The minimum absolute atomic E-state index is 0.244. The average Bonchev–Trinajstić information content (AvgIpc) is 0.764. The maximum atomic E-state index is 11.4. The van der Waals surface area contributed by atoms with E-state index in [1.807, 2.05) is 194 Å². The second-order valence-corrected chi connectivity index (χ2v) is 25.0. The summed E-state index contributed by atoms with van der Waals surface area (Å²) in [5.74, 6) is 7.44. The number of aryl methyl sites for hydroxylation is 4. The summed E-state index contributed by atoms with van der Waals surface area (Å²) in [7, 11) is 0. The number of hydrogen-bond acceptors (Lipinski definition) is 11. The molecule has 0 N–H and O–H groups in total. The van der Waals surface area contributed by atoms with E-state index in [2.05, 4.69) is 84.2 Å². The monoisotopic (exact) mass is 1390 g/mol. The van der Waals surface area contributed by atoms with Crippen LogP contribution in [-0.2, 0) is 38.5 Å². The molecule has 0 spiro atoms. The van der Waals surface area contributed by atoms with E-state index < -0.39 is 0 Å². The number of fused-ring (bicyclic) bond motifs is 9. The summed E-state index contributed by atoms with van der Waals surface area (Å²) in [6.07, 6.45) is 30.8. The van der Waals surface area contributed by atoms with E-state index in [0.717, 1.165) is 113 Å². The molecule has 0 bridgehead atoms. The zero-order chi connectivity index (χ0) is 74.5. The van der Waals surface area contributed by atoms with Gasteiger partial charge in [0, 0.05) is 118 Å². The fraction of sp³-hybridized carbons (Fsp3) is 0.370. The van der Waals surface area contributed by atoms with Crippen LogP contribution in [0.4, 0.5) is 17.1 Å². The smallest absolute Gasteiger partial charge is 0.336 e. The molecule has 103 heavy (non-hydrogen) atoms. The molecule has 0 radical (unpaired) electrons. The van der Waals surface area contributed by atoms with E-state index in [4.69, 9.17) is 27.8 Å². The minimum Gasteiger partial charge on any atom is -0.457 e. The van der Waals surface area contributed by atoms with Crippen LogP contribution in [0.2, 0.25) is 0 Å². The highest BCUT2D eigenvalue weighted by Crippen LogP contribution is 2.47. The van der Waals surface area contributed by atoms with Gasteiger partial charge < -0.3 is 42.5 Å². The van der Waals surface area contributed by atoms with E-state index in [-0.39, 0.29) is 11.3 Å². The summed E-state index contributed by atoms with van der Waals surface area (Å²) >= 11 is 0. The second-order valence-electron chi connectivity index (χ2n) is 25.0. The molecule has 0 aliphatic carbocycles. The molecule has 18 rings (SSSR count). The Morgan fingerprint density at radius 1 is 0.350 bits per heavy atom. The molecule has 2 aromatic heterocycles. The summed E-state index contributed by atoms with van der Waals surface area (Å²) in [6, 6.07) is 36.8. The maximum absolute atomic E-state index is 11.4. The molecular formula is C92H115N3O8. The Hall–Kier alpha value is -9.74. The average molecular weight is 1390 g/mol. The Morgan fingerprint density at radius 3 is 1.25 bits per heavy atom. The van der Waals surface area contributed by atoms with Crippen LogP contribution < -0.4 is 44.9 Å². The minimum atomic E-state index is -0.302. The Balaban J connectivity index is 0.000000170. The lowest BCUT2D eigenvalue weighted by Gasteiger charge is -2.38.